The Morgan fingerprint density at radius 1 is 0.971 bits per heavy atom. The average Bonchev–Trinajstić information content (AvgIpc) is 3.31. The van der Waals surface area contributed by atoms with Crippen LogP contribution in [0.15, 0.2) is 57.7 Å². The van der Waals surface area contributed by atoms with Crippen LogP contribution in [0.4, 0.5) is 0 Å². The van der Waals surface area contributed by atoms with Gasteiger partial charge in [-0.2, -0.15) is 0 Å². The molecule has 2 N–H and O–H groups in total. The molecule has 0 spiro atoms. The first-order valence-corrected chi connectivity index (χ1v) is 10.7. The molecule has 9 heteroatoms. The molecule has 3 heterocycles. The second kappa shape index (κ2) is 7.69. The number of rotatable bonds is 3. The molecule has 0 unspecified atom stereocenters. The molecule has 3 aromatic carbocycles. The first kappa shape index (κ1) is 20.9. The van der Waals surface area contributed by atoms with E-state index in [1.807, 2.05) is 0 Å². The molecule has 6 rings (SSSR count). The van der Waals surface area contributed by atoms with Crippen LogP contribution in [0.25, 0.3) is 22.3 Å². The number of aromatic hydroxyl groups is 2. The summed E-state index contributed by atoms with van der Waals surface area (Å²) in [7, 11) is 1.50. The molecule has 9 nitrogen and oxygen atoms in total. The van der Waals surface area contributed by atoms with Crippen molar-refractivity contribution in [2.75, 3.05) is 13.9 Å². The van der Waals surface area contributed by atoms with Crippen LogP contribution in [0.2, 0.25) is 0 Å². The predicted molar refractivity (Wildman–Crippen MR) is 122 cm³/mol. The molecular formula is C26H18O9. The zero-order valence-electron chi connectivity index (χ0n) is 18.4. The number of hydrogen-bond donors (Lipinski definition) is 2. The molecule has 0 amide bonds. The van der Waals surface area contributed by atoms with Crippen LogP contribution in [-0.4, -0.2) is 30.1 Å². The van der Waals surface area contributed by atoms with E-state index >= 15 is 0 Å². The summed E-state index contributed by atoms with van der Waals surface area (Å²) in [6.45, 7) is 0.0418. The van der Waals surface area contributed by atoms with Crippen LogP contribution in [0.5, 0.6) is 34.5 Å². The van der Waals surface area contributed by atoms with E-state index in [0.29, 0.717) is 33.9 Å². The van der Waals surface area contributed by atoms with Crippen LogP contribution in [-0.2, 0) is 4.79 Å². The van der Waals surface area contributed by atoms with E-state index in [-0.39, 0.29) is 47.2 Å². The monoisotopic (exact) mass is 474 g/mol. The SMILES string of the molecule is COc1cc([C@@H]2CC(=O)Oc3cc(O)c4c(=O)cc(-c5ccc(O)cc5)oc4c32)cc2c1OCO2. The molecule has 2 aliphatic rings. The fourth-order valence-electron chi connectivity index (χ4n) is 4.56. The van der Waals surface area contributed by atoms with E-state index in [0.717, 1.165) is 0 Å². The lowest BCUT2D eigenvalue weighted by Gasteiger charge is -2.26. The van der Waals surface area contributed by atoms with Crippen LogP contribution in [0, 0.1) is 0 Å². The molecule has 0 radical (unpaired) electrons. The van der Waals surface area contributed by atoms with E-state index in [1.165, 1.54) is 31.4 Å². The second-order valence-electron chi connectivity index (χ2n) is 8.22. The molecule has 2 aliphatic heterocycles. The fourth-order valence-corrected chi connectivity index (χ4v) is 4.56. The first-order chi connectivity index (χ1) is 16.9. The number of benzene rings is 3. The molecule has 1 aromatic heterocycles. The van der Waals surface area contributed by atoms with Crippen LogP contribution in [0.1, 0.15) is 23.5 Å². The lowest BCUT2D eigenvalue weighted by atomic mass is 9.84. The number of phenols is 2. The Balaban J connectivity index is 1.62. The highest BCUT2D eigenvalue weighted by atomic mass is 16.7. The van der Waals surface area contributed by atoms with E-state index in [4.69, 9.17) is 23.4 Å². The van der Waals surface area contributed by atoms with Crippen LogP contribution in [0.3, 0.4) is 0 Å². The third-order valence-corrected chi connectivity index (χ3v) is 6.16. The maximum absolute atomic E-state index is 13.1. The first-order valence-electron chi connectivity index (χ1n) is 10.7. The minimum Gasteiger partial charge on any atom is -0.508 e. The quantitative estimate of drug-likeness (QED) is 0.334. The van der Waals surface area contributed by atoms with Crippen molar-refractivity contribution in [1.29, 1.82) is 0 Å². The molecule has 4 aromatic rings. The maximum atomic E-state index is 13.1. The molecule has 0 fully saturated rings. The third kappa shape index (κ3) is 3.31. The van der Waals surface area contributed by atoms with Crippen LogP contribution >= 0.6 is 0 Å². The lowest BCUT2D eigenvalue weighted by molar-refractivity contribution is -0.135. The second-order valence-corrected chi connectivity index (χ2v) is 8.22. The van der Waals surface area contributed by atoms with E-state index in [9.17, 15) is 19.8 Å². The minimum atomic E-state index is -0.587. The van der Waals surface area contributed by atoms with Gasteiger partial charge in [0.2, 0.25) is 12.5 Å². The summed E-state index contributed by atoms with van der Waals surface area (Å²) in [5, 5.41) is 20.2. The number of esters is 1. The lowest BCUT2D eigenvalue weighted by Crippen LogP contribution is -2.22. The van der Waals surface area contributed by atoms with Gasteiger partial charge in [-0.25, -0.2) is 0 Å². The van der Waals surface area contributed by atoms with Crippen molar-refractivity contribution in [1.82, 2.24) is 0 Å². The third-order valence-electron chi connectivity index (χ3n) is 6.16. The van der Waals surface area contributed by atoms with E-state index in [2.05, 4.69) is 0 Å². The van der Waals surface area contributed by atoms with Gasteiger partial charge in [-0.15, -0.1) is 0 Å². The Bertz CT molecular complexity index is 1570. The summed E-state index contributed by atoms with van der Waals surface area (Å²) >= 11 is 0. The number of methoxy groups -OCH3 is 1. The zero-order chi connectivity index (χ0) is 24.3. The fraction of sp³-hybridized carbons (Fsp3) is 0.154. The Morgan fingerprint density at radius 3 is 2.54 bits per heavy atom. The predicted octanol–water partition coefficient (Wildman–Crippen LogP) is 4.05. The number of fused-ring (bicyclic) bond motifs is 4. The maximum Gasteiger partial charge on any atom is 0.312 e. The van der Waals surface area contributed by atoms with Gasteiger partial charge in [-0.1, -0.05) is 0 Å². The van der Waals surface area contributed by atoms with Crippen molar-refractivity contribution in [2.24, 2.45) is 0 Å². The van der Waals surface area contributed by atoms with Gasteiger partial charge in [-0.05, 0) is 42.0 Å². The van der Waals surface area contributed by atoms with Crippen molar-refractivity contribution in [2.45, 2.75) is 12.3 Å². The van der Waals surface area contributed by atoms with Crippen molar-refractivity contribution in [3.05, 3.63) is 69.9 Å². The molecule has 1 atom stereocenters. The number of carbonyl (C=O) groups excluding carboxylic acids is 1. The molecule has 35 heavy (non-hydrogen) atoms. The molecule has 176 valence electrons. The van der Waals surface area contributed by atoms with Gasteiger partial charge in [0.15, 0.2) is 16.9 Å². The van der Waals surface area contributed by atoms with Gasteiger partial charge in [0.1, 0.15) is 34.0 Å². The molecule has 0 aliphatic carbocycles. The summed E-state index contributed by atoms with van der Waals surface area (Å²) < 4.78 is 28.1. The Labute approximate surface area is 197 Å². The van der Waals surface area contributed by atoms with Gasteiger partial charge >= 0.3 is 5.97 Å². The molecular weight excluding hydrogens is 456 g/mol. The van der Waals surface area contributed by atoms with Crippen LogP contribution < -0.4 is 24.4 Å². The smallest absolute Gasteiger partial charge is 0.312 e. The average molecular weight is 474 g/mol. The Kier molecular flexibility index (Phi) is 4.60. The Hall–Kier alpha value is -4.66. The van der Waals surface area contributed by atoms with Crippen molar-refractivity contribution in [3.8, 4) is 45.8 Å². The van der Waals surface area contributed by atoms with Crippen molar-refractivity contribution >= 4 is 16.9 Å². The van der Waals surface area contributed by atoms with Gasteiger partial charge in [-0.3, -0.25) is 9.59 Å². The highest BCUT2D eigenvalue weighted by Crippen LogP contribution is 2.50. The minimum absolute atomic E-state index is 0.0260. The van der Waals surface area contributed by atoms with E-state index in [1.54, 1.807) is 24.3 Å². The van der Waals surface area contributed by atoms with Crippen molar-refractivity contribution in [3.63, 3.8) is 0 Å². The largest absolute Gasteiger partial charge is 0.508 e. The Morgan fingerprint density at radius 2 is 1.77 bits per heavy atom. The summed E-state index contributed by atoms with van der Waals surface area (Å²) in [6.07, 6.45) is -0.0389. The highest BCUT2D eigenvalue weighted by Gasteiger charge is 2.35. The molecule has 0 bridgehead atoms. The number of phenolic OH excluding ortho intramolecular Hbond substituents is 2. The summed E-state index contributed by atoms with van der Waals surface area (Å²) in [6, 6.07) is 12.2. The van der Waals surface area contributed by atoms with Gasteiger partial charge in [0, 0.05) is 29.2 Å². The van der Waals surface area contributed by atoms with Gasteiger partial charge < -0.3 is 33.6 Å². The van der Waals surface area contributed by atoms with Gasteiger partial charge in [0.05, 0.1) is 13.5 Å². The van der Waals surface area contributed by atoms with Crippen molar-refractivity contribution < 1.29 is 38.4 Å². The highest BCUT2D eigenvalue weighted by molar-refractivity contribution is 5.93. The molecule has 0 saturated heterocycles. The number of ether oxygens (including phenoxy) is 4. The summed E-state index contributed by atoms with van der Waals surface area (Å²) in [5.41, 5.74) is 1.29. The molecule has 0 saturated carbocycles. The number of hydrogen-bond acceptors (Lipinski definition) is 9. The van der Waals surface area contributed by atoms with E-state index < -0.39 is 17.3 Å². The topological polar surface area (TPSA) is 125 Å². The zero-order valence-corrected chi connectivity index (χ0v) is 18.4. The normalized spacial score (nSPS) is 16.1. The summed E-state index contributed by atoms with van der Waals surface area (Å²) in [5.74, 6) is 0.307. The summed E-state index contributed by atoms with van der Waals surface area (Å²) in [4.78, 5) is 25.6. The van der Waals surface area contributed by atoms with Gasteiger partial charge in [0.25, 0.3) is 0 Å². The standard InChI is InChI=1S/C26H18O9/c1-31-20-6-13(7-21-25(20)33-11-32-21)15-8-22(30)34-19-10-17(29)24-16(28)9-18(35-26(24)23(15)19)12-2-4-14(27)5-3-12/h2-7,9-10,15,27,29H,8,11H2,1H3/t15-/m0/s1. The number of carbonyl (C=O) groups is 1.